The second-order valence-corrected chi connectivity index (χ2v) is 6.24. The molecule has 1 heterocycles. The fraction of sp³-hybridized carbons (Fsp3) is 0.308. The SMILES string of the molecule is Cc1ccccc1CNS(=O)(=O)c1c(CO)n[nH]c1C. The van der Waals surface area contributed by atoms with E-state index in [1.54, 1.807) is 6.92 Å². The Labute approximate surface area is 117 Å². The molecule has 108 valence electrons. The number of aryl methyl sites for hydroxylation is 2. The predicted octanol–water partition coefficient (Wildman–Crippen LogP) is 0.997. The zero-order valence-electron chi connectivity index (χ0n) is 11.3. The summed E-state index contributed by atoms with van der Waals surface area (Å²) in [5, 5.41) is 15.5. The summed E-state index contributed by atoms with van der Waals surface area (Å²) in [5.41, 5.74) is 2.45. The van der Waals surface area contributed by atoms with Gasteiger partial charge in [0.15, 0.2) is 0 Å². The van der Waals surface area contributed by atoms with Gasteiger partial charge in [-0.05, 0) is 25.0 Å². The van der Waals surface area contributed by atoms with E-state index in [0.29, 0.717) is 5.69 Å². The molecule has 6 nitrogen and oxygen atoms in total. The maximum Gasteiger partial charge on any atom is 0.244 e. The first-order valence-corrected chi connectivity index (χ1v) is 7.63. The van der Waals surface area contributed by atoms with E-state index in [2.05, 4.69) is 14.9 Å². The number of aromatic amines is 1. The third-order valence-electron chi connectivity index (χ3n) is 3.09. The van der Waals surface area contributed by atoms with Crippen LogP contribution < -0.4 is 4.72 Å². The zero-order valence-corrected chi connectivity index (χ0v) is 12.2. The Morgan fingerprint density at radius 2 is 2.00 bits per heavy atom. The topological polar surface area (TPSA) is 95.1 Å². The fourth-order valence-corrected chi connectivity index (χ4v) is 3.35. The lowest BCUT2D eigenvalue weighted by molar-refractivity contribution is 0.273. The highest BCUT2D eigenvalue weighted by molar-refractivity contribution is 7.89. The number of sulfonamides is 1. The summed E-state index contributed by atoms with van der Waals surface area (Å²) in [6.07, 6.45) is 0. The highest BCUT2D eigenvalue weighted by Gasteiger charge is 2.23. The van der Waals surface area contributed by atoms with Crippen LogP contribution in [0.2, 0.25) is 0 Å². The largest absolute Gasteiger partial charge is 0.390 e. The summed E-state index contributed by atoms with van der Waals surface area (Å²) in [7, 11) is -3.71. The molecule has 0 amide bonds. The van der Waals surface area contributed by atoms with Gasteiger partial charge in [-0.15, -0.1) is 0 Å². The van der Waals surface area contributed by atoms with Gasteiger partial charge >= 0.3 is 0 Å². The average Bonchev–Trinajstić information content (AvgIpc) is 2.80. The second-order valence-electron chi connectivity index (χ2n) is 4.53. The Balaban J connectivity index is 2.24. The predicted molar refractivity (Wildman–Crippen MR) is 74.5 cm³/mol. The molecule has 1 aromatic carbocycles. The number of nitrogens with one attached hydrogen (secondary N) is 2. The van der Waals surface area contributed by atoms with Crippen molar-refractivity contribution >= 4 is 10.0 Å². The van der Waals surface area contributed by atoms with E-state index < -0.39 is 16.6 Å². The molecule has 20 heavy (non-hydrogen) atoms. The molecule has 0 spiro atoms. The average molecular weight is 295 g/mol. The van der Waals surface area contributed by atoms with E-state index in [1.807, 2.05) is 31.2 Å². The van der Waals surface area contributed by atoms with Crippen molar-refractivity contribution in [2.45, 2.75) is 31.9 Å². The van der Waals surface area contributed by atoms with Crippen LogP contribution in [0.4, 0.5) is 0 Å². The van der Waals surface area contributed by atoms with Crippen LogP contribution in [-0.2, 0) is 23.2 Å². The molecule has 2 rings (SSSR count). The molecule has 0 fully saturated rings. The number of H-pyrrole nitrogens is 1. The van der Waals surface area contributed by atoms with Crippen LogP contribution in [0.25, 0.3) is 0 Å². The van der Waals surface area contributed by atoms with Crippen molar-refractivity contribution in [1.29, 1.82) is 0 Å². The van der Waals surface area contributed by atoms with E-state index in [0.717, 1.165) is 11.1 Å². The lowest BCUT2D eigenvalue weighted by Gasteiger charge is -2.09. The minimum Gasteiger partial charge on any atom is -0.390 e. The molecule has 0 aliphatic rings. The Hall–Kier alpha value is -1.70. The van der Waals surface area contributed by atoms with Crippen LogP contribution in [0.1, 0.15) is 22.5 Å². The molecular formula is C13H17N3O3S. The third-order valence-corrected chi connectivity index (χ3v) is 4.70. The smallest absolute Gasteiger partial charge is 0.244 e. The van der Waals surface area contributed by atoms with Crippen molar-refractivity contribution in [1.82, 2.24) is 14.9 Å². The highest BCUT2D eigenvalue weighted by Crippen LogP contribution is 2.18. The molecule has 0 saturated heterocycles. The maximum absolute atomic E-state index is 12.3. The van der Waals surface area contributed by atoms with Crippen LogP contribution in [0.3, 0.4) is 0 Å². The summed E-state index contributed by atoms with van der Waals surface area (Å²) >= 11 is 0. The quantitative estimate of drug-likeness (QED) is 0.767. The lowest BCUT2D eigenvalue weighted by Crippen LogP contribution is -2.25. The maximum atomic E-state index is 12.3. The van der Waals surface area contributed by atoms with Crippen molar-refractivity contribution in [3.63, 3.8) is 0 Å². The Morgan fingerprint density at radius 1 is 1.30 bits per heavy atom. The number of aromatic nitrogens is 2. The molecule has 0 saturated carbocycles. The van der Waals surface area contributed by atoms with Gasteiger partial charge in [-0.25, -0.2) is 13.1 Å². The first kappa shape index (κ1) is 14.7. The Morgan fingerprint density at radius 3 is 2.65 bits per heavy atom. The van der Waals surface area contributed by atoms with Crippen LogP contribution in [0.5, 0.6) is 0 Å². The number of aliphatic hydroxyl groups is 1. The number of aliphatic hydroxyl groups excluding tert-OH is 1. The number of hydrogen-bond acceptors (Lipinski definition) is 4. The molecule has 7 heteroatoms. The molecule has 0 aliphatic heterocycles. The van der Waals surface area contributed by atoms with Crippen molar-refractivity contribution < 1.29 is 13.5 Å². The Bertz CT molecular complexity index is 707. The zero-order chi connectivity index (χ0) is 14.8. The van der Waals surface area contributed by atoms with E-state index in [-0.39, 0.29) is 17.1 Å². The molecule has 0 aliphatic carbocycles. The highest BCUT2D eigenvalue weighted by atomic mass is 32.2. The fourth-order valence-electron chi connectivity index (χ4n) is 1.99. The van der Waals surface area contributed by atoms with Gasteiger partial charge in [0.05, 0.1) is 12.3 Å². The van der Waals surface area contributed by atoms with E-state index >= 15 is 0 Å². The van der Waals surface area contributed by atoms with Crippen molar-refractivity contribution in [3.05, 3.63) is 46.8 Å². The van der Waals surface area contributed by atoms with Crippen LogP contribution >= 0.6 is 0 Å². The summed E-state index contributed by atoms with van der Waals surface area (Å²) in [5.74, 6) is 0. The molecular weight excluding hydrogens is 278 g/mol. The molecule has 0 radical (unpaired) electrons. The number of nitrogens with zero attached hydrogens (tertiary/aromatic N) is 1. The third kappa shape index (κ3) is 2.90. The van der Waals surface area contributed by atoms with Gasteiger partial charge in [0, 0.05) is 6.54 Å². The lowest BCUT2D eigenvalue weighted by atomic mass is 10.1. The summed E-state index contributed by atoms with van der Waals surface area (Å²) in [6.45, 7) is 3.30. The standard InChI is InChI=1S/C13H17N3O3S/c1-9-5-3-4-6-11(9)7-14-20(18,19)13-10(2)15-16-12(13)8-17/h3-6,14,17H,7-8H2,1-2H3,(H,15,16). The molecule has 0 bridgehead atoms. The van der Waals surface area contributed by atoms with Crippen molar-refractivity contribution in [2.75, 3.05) is 0 Å². The minimum atomic E-state index is -3.71. The number of hydrogen-bond donors (Lipinski definition) is 3. The minimum absolute atomic E-state index is 0.0218. The van der Waals surface area contributed by atoms with Crippen molar-refractivity contribution in [2.24, 2.45) is 0 Å². The van der Waals surface area contributed by atoms with Gasteiger partial charge in [-0.3, -0.25) is 5.10 Å². The van der Waals surface area contributed by atoms with Gasteiger partial charge in [0.1, 0.15) is 10.6 Å². The van der Waals surface area contributed by atoms with Gasteiger partial charge in [-0.2, -0.15) is 5.10 Å². The monoisotopic (exact) mass is 295 g/mol. The van der Waals surface area contributed by atoms with Gasteiger partial charge in [0.2, 0.25) is 10.0 Å². The van der Waals surface area contributed by atoms with Gasteiger partial charge < -0.3 is 5.11 Å². The molecule has 3 N–H and O–H groups in total. The molecule has 0 atom stereocenters. The van der Waals surface area contributed by atoms with Crippen molar-refractivity contribution in [3.8, 4) is 0 Å². The van der Waals surface area contributed by atoms with Gasteiger partial charge in [0.25, 0.3) is 0 Å². The number of benzene rings is 1. The molecule has 0 unspecified atom stereocenters. The van der Waals surface area contributed by atoms with Crippen LogP contribution in [0, 0.1) is 13.8 Å². The van der Waals surface area contributed by atoms with Crippen LogP contribution in [0.15, 0.2) is 29.2 Å². The summed E-state index contributed by atoms with van der Waals surface area (Å²) in [6, 6.07) is 7.55. The second kappa shape index (κ2) is 5.74. The molecule has 2 aromatic rings. The first-order valence-electron chi connectivity index (χ1n) is 6.14. The summed E-state index contributed by atoms with van der Waals surface area (Å²) in [4.78, 5) is 0.0218. The van der Waals surface area contributed by atoms with E-state index in [1.165, 1.54) is 0 Å². The van der Waals surface area contributed by atoms with E-state index in [9.17, 15) is 8.42 Å². The first-order chi connectivity index (χ1) is 9.45. The van der Waals surface area contributed by atoms with E-state index in [4.69, 9.17) is 5.11 Å². The summed E-state index contributed by atoms with van der Waals surface area (Å²) < 4.78 is 27.1. The normalized spacial score (nSPS) is 11.8. The van der Waals surface area contributed by atoms with Crippen LogP contribution in [-0.4, -0.2) is 23.7 Å². The van der Waals surface area contributed by atoms with Gasteiger partial charge in [-0.1, -0.05) is 24.3 Å². The Kier molecular flexibility index (Phi) is 4.22. The number of rotatable bonds is 5. The molecule has 1 aromatic heterocycles.